The quantitative estimate of drug-likeness (QED) is 0.891. The van der Waals surface area contributed by atoms with E-state index in [9.17, 15) is 0 Å². The van der Waals surface area contributed by atoms with Crippen LogP contribution in [0.15, 0.2) is 29.0 Å². The van der Waals surface area contributed by atoms with Gasteiger partial charge in [0.1, 0.15) is 11.9 Å². The standard InChI is InChI=1S/C17H25N3O2/c1-12(6-7-14-5-4-9-21-14)19-16-8-10-22-17(16)15-11-18-20(3)13(15)2/h4-5,9,11-12,16-17,19H,6-8,10H2,1-3H3/t12?,16-,17+/m0/s1. The molecule has 3 heterocycles. The molecule has 1 unspecified atom stereocenters. The summed E-state index contributed by atoms with van der Waals surface area (Å²) in [6.07, 6.45) is 6.85. The van der Waals surface area contributed by atoms with Crippen LogP contribution in [0.1, 0.15) is 42.9 Å². The average Bonchev–Trinajstić information content (AvgIpc) is 3.21. The summed E-state index contributed by atoms with van der Waals surface area (Å²) in [5.74, 6) is 1.05. The van der Waals surface area contributed by atoms with E-state index in [1.54, 1.807) is 6.26 Å². The fourth-order valence-electron chi connectivity index (χ4n) is 3.12. The molecule has 0 bridgehead atoms. The molecule has 0 radical (unpaired) electrons. The minimum Gasteiger partial charge on any atom is -0.469 e. The third-order valence-corrected chi connectivity index (χ3v) is 4.57. The summed E-state index contributed by atoms with van der Waals surface area (Å²) in [5, 5.41) is 8.06. The molecule has 1 aliphatic rings. The van der Waals surface area contributed by atoms with E-state index in [4.69, 9.17) is 9.15 Å². The van der Waals surface area contributed by atoms with Gasteiger partial charge in [-0.15, -0.1) is 0 Å². The fraction of sp³-hybridized carbons (Fsp3) is 0.588. The molecule has 3 atom stereocenters. The summed E-state index contributed by atoms with van der Waals surface area (Å²) >= 11 is 0. The van der Waals surface area contributed by atoms with Gasteiger partial charge >= 0.3 is 0 Å². The van der Waals surface area contributed by atoms with Crippen LogP contribution in [0.25, 0.3) is 0 Å². The largest absolute Gasteiger partial charge is 0.469 e. The monoisotopic (exact) mass is 303 g/mol. The normalized spacial score (nSPS) is 23.0. The van der Waals surface area contributed by atoms with E-state index in [1.165, 1.54) is 11.3 Å². The molecule has 120 valence electrons. The molecular weight excluding hydrogens is 278 g/mol. The SMILES string of the molecule is Cc1c([C@H]2OCC[C@@H]2NC(C)CCc2ccco2)cnn1C. The molecule has 1 aliphatic heterocycles. The van der Waals surface area contributed by atoms with E-state index in [2.05, 4.69) is 24.3 Å². The van der Waals surface area contributed by atoms with Crippen LogP contribution in [0.3, 0.4) is 0 Å². The van der Waals surface area contributed by atoms with Gasteiger partial charge in [0.15, 0.2) is 0 Å². The van der Waals surface area contributed by atoms with Gasteiger partial charge in [-0.1, -0.05) is 0 Å². The lowest BCUT2D eigenvalue weighted by atomic mass is 10.0. The van der Waals surface area contributed by atoms with E-state index < -0.39 is 0 Å². The van der Waals surface area contributed by atoms with Gasteiger partial charge in [0, 0.05) is 43.4 Å². The Labute approximate surface area is 131 Å². The maximum atomic E-state index is 5.96. The van der Waals surface area contributed by atoms with Gasteiger partial charge < -0.3 is 14.5 Å². The summed E-state index contributed by atoms with van der Waals surface area (Å²) in [4.78, 5) is 0. The van der Waals surface area contributed by atoms with E-state index in [0.29, 0.717) is 12.1 Å². The van der Waals surface area contributed by atoms with E-state index in [-0.39, 0.29) is 6.10 Å². The van der Waals surface area contributed by atoms with Crippen LogP contribution in [0.2, 0.25) is 0 Å². The van der Waals surface area contributed by atoms with Crippen molar-refractivity contribution in [2.45, 2.75) is 51.3 Å². The van der Waals surface area contributed by atoms with E-state index in [1.807, 2.05) is 30.1 Å². The van der Waals surface area contributed by atoms with Gasteiger partial charge in [0.25, 0.3) is 0 Å². The molecule has 0 aliphatic carbocycles. The third kappa shape index (κ3) is 3.25. The first-order valence-corrected chi connectivity index (χ1v) is 8.03. The number of nitrogens with zero attached hydrogens (tertiary/aromatic N) is 2. The first-order valence-electron chi connectivity index (χ1n) is 8.03. The Hall–Kier alpha value is -1.59. The van der Waals surface area contributed by atoms with Crippen LogP contribution in [0, 0.1) is 6.92 Å². The van der Waals surface area contributed by atoms with Gasteiger partial charge in [0.2, 0.25) is 0 Å². The second-order valence-corrected chi connectivity index (χ2v) is 6.18. The lowest BCUT2D eigenvalue weighted by Crippen LogP contribution is -2.38. The Balaban J connectivity index is 1.57. The topological polar surface area (TPSA) is 52.2 Å². The Morgan fingerprint density at radius 2 is 2.36 bits per heavy atom. The zero-order chi connectivity index (χ0) is 15.5. The molecule has 5 heteroatoms. The summed E-state index contributed by atoms with van der Waals surface area (Å²) in [7, 11) is 1.97. The van der Waals surface area contributed by atoms with Crippen molar-refractivity contribution in [2.24, 2.45) is 7.05 Å². The van der Waals surface area contributed by atoms with Crippen LogP contribution in [-0.2, 0) is 18.2 Å². The lowest BCUT2D eigenvalue weighted by molar-refractivity contribution is 0.0959. The molecule has 1 saturated heterocycles. The highest BCUT2D eigenvalue weighted by Gasteiger charge is 2.32. The molecule has 0 spiro atoms. The van der Waals surface area contributed by atoms with Crippen molar-refractivity contribution < 1.29 is 9.15 Å². The number of hydrogen-bond acceptors (Lipinski definition) is 4. The predicted octanol–water partition coefficient (Wildman–Crippen LogP) is 2.76. The molecule has 0 amide bonds. The number of furan rings is 1. The minimum atomic E-state index is 0.111. The zero-order valence-corrected chi connectivity index (χ0v) is 13.6. The highest BCUT2D eigenvalue weighted by Crippen LogP contribution is 2.31. The maximum absolute atomic E-state index is 5.96. The zero-order valence-electron chi connectivity index (χ0n) is 13.6. The van der Waals surface area contributed by atoms with Crippen molar-refractivity contribution in [1.29, 1.82) is 0 Å². The highest BCUT2D eigenvalue weighted by atomic mass is 16.5. The lowest BCUT2D eigenvalue weighted by Gasteiger charge is -2.24. The smallest absolute Gasteiger partial charge is 0.103 e. The van der Waals surface area contributed by atoms with Crippen LogP contribution in [0.5, 0.6) is 0 Å². The Morgan fingerprint density at radius 3 is 3.05 bits per heavy atom. The van der Waals surface area contributed by atoms with Gasteiger partial charge in [0.05, 0.1) is 12.5 Å². The second kappa shape index (κ2) is 6.67. The number of hydrogen-bond donors (Lipinski definition) is 1. The van der Waals surface area contributed by atoms with Crippen LogP contribution in [0.4, 0.5) is 0 Å². The molecule has 1 N–H and O–H groups in total. The van der Waals surface area contributed by atoms with Crippen LogP contribution >= 0.6 is 0 Å². The molecule has 0 aromatic carbocycles. The predicted molar refractivity (Wildman–Crippen MR) is 84.7 cm³/mol. The van der Waals surface area contributed by atoms with Crippen LogP contribution in [-0.4, -0.2) is 28.5 Å². The molecular formula is C17H25N3O2. The van der Waals surface area contributed by atoms with Crippen molar-refractivity contribution in [3.8, 4) is 0 Å². The van der Waals surface area contributed by atoms with Crippen molar-refractivity contribution >= 4 is 0 Å². The highest BCUT2D eigenvalue weighted by molar-refractivity contribution is 5.22. The van der Waals surface area contributed by atoms with Gasteiger partial charge in [-0.3, -0.25) is 4.68 Å². The molecule has 22 heavy (non-hydrogen) atoms. The number of nitrogens with one attached hydrogen (secondary N) is 1. The van der Waals surface area contributed by atoms with Crippen molar-refractivity contribution in [3.63, 3.8) is 0 Å². The molecule has 0 saturated carbocycles. The molecule has 2 aromatic heterocycles. The molecule has 3 rings (SSSR count). The number of ether oxygens (including phenoxy) is 1. The first kappa shape index (κ1) is 15.3. The average molecular weight is 303 g/mol. The summed E-state index contributed by atoms with van der Waals surface area (Å²) in [6, 6.07) is 4.76. The van der Waals surface area contributed by atoms with Crippen molar-refractivity contribution in [2.75, 3.05) is 6.61 Å². The first-order chi connectivity index (χ1) is 10.6. The Morgan fingerprint density at radius 1 is 1.50 bits per heavy atom. The molecule has 5 nitrogen and oxygen atoms in total. The summed E-state index contributed by atoms with van der Waals surface area (Å²) < 4.78 is 13.3. The molecule has 2 aromatic rings. The van der Waals surface area contributed by atoms with E-state index >= 15 is 0 Å². The Kier molecular flexibility index (Phi) is 4.64. The Bertz CT molecular complexity index is 591. The second-order valence-electron chi connectivity index (χ2n) is 6.18. The fourth-order valence-corrected chi connectivity index (χ4v) is 3.12. The van der Waals surface area contributed by atoms with Gasteiger partial charge in [-0.25, -0.2) is 0 Å². The van der Waals surface area contributed by atoms with Crippen LogP contribution < -0.4 is 5.32 Å². The number of rotatable bonds is 6. The van der Waals surface area contributed by atoms with Gasteiger partial charge in [-0.2, -0.15) is 5.10 Å². The summed E-state index contributed by atoms with van der Waals surface area (Å²) in [6.45, 7) is 5.14. The number of aryl methyl sites for hydroxylation is 2. The van der Waals surface area contributed by atoms with E-state index in [0.717, 1.165) is 31.6 Å². The van der Waals surface area contributed by atoms with Crippen molar-refractivity contribution in [3.05, 3.63) is 41.6 Å². The third-order valence-electron chi connectivity index (χ3n) is 4.57. The molecule has 1 fully saturated rings. The van der Waals surface area contributed by atoms with Gasteiger partial charge in [-0.05, 0) is 38.8 Å². The minimum absolute atomic E-state index is 0.111. The number of aromatic nitrogens is 2. The maximum Gasteiger partial charge on any atom is 0.103 e. The van der Waals surface area contributed by atoms with Crippen molar-refractivity contribution in [1.82, 2.24) is 15.1 Å². The summed E-state index contributed by atoms with van der Waals surface area (Å²) in [5.41, 5.74) is 2.39.